The lowest BCUT2D eigenvalue weighted by molar-refractivity contribution is -0.152. The molecule has 0 spiro atoms. The molecule has 3 N–H and O–H groups in total. The standard InChI is InChI=1S/C16H29N3O4/c1-9(2)12(17)14(20)18-13(10(3)4)15(21)19-8-6-7-11(19)16(22)23-5/h9-13H,6-8,17H2,1-5H3,(H,18,20)/t11-,12-,13-/m0/s1. The van der Waals surface area contributed by atoms with E-state index in [1.165, 1.54) is 12.0 Å². The number of likely N-dealkylation sites (tertiary alicyclic amines) is 1. The summed E-state index contributed by atoms with van der Waals surface area (Å²) in [4.78, 5) is 38.3. The van der Waals surface area contributed by atoms with Gasteiger partial charge in [0, 0.05) is 6.54 Å². The van der Waals surface area contributed by atoms with E-state index in [0.717, 1.165) is 6.42 Å². The molecule has 2 amide bonds. The van der Waals surface area contributed by atoms with Gasteiger partial charge < -0.3 is 20.7 Å². The monoisotopic (exact) mass is 327 g/mol. The minimum absolute atomic E-state index is 0.0208. The second-order valence-corrected chi connectivity index (χ2v) is 6.71. The van der Waals surface area contributed by atoms with Gasteiger partial charge >= 0.3 is 5.97 Å². The molecular weight excluding hydrogens is 298 g/mol. The van der Waals surface area contributed by atoms with Crippen molar-refractivity contribution in [3.8, 4) is 0 Å². The first-order valence-corrected chi connectivity index (χ1v) is 8.15. The Morgan fingerprint density at radius 1 is 1.17 bits per heavy atom. The van der Waals surface area contributed by atoms with Crippen LogP contribution in [-0.4, -0.2) is 54.5 Å². The maximum absolute atomic E-state index is 12.8. The number of ether oxygens (including phenoxy) is 1. The van der Waals surface area contributed by atoms with Gasteiger partial charge in [-0.05, 0) is 24.7 Å². The molecule has 1 heterocycles. The molecule has 0 aromatic carbocycles. The summed E-state index contributed by atoms with van der Waals surface area (Å²) >= 11 is 0. The first-order valence-electron chi connectivity index (χ1n) is 8.15. The number of esters is 1. The molecule has 0 bridgehead atoms. The van der Waals surface area contributed by atoms with Crippen LogP contribution in [0, 0.1) is 11.8 Å². The zero-order valence-electron chi connectivity index (χ0n) is 14.7. The minimum atomic E-state index is -0.697. The van der Waals surface area contributed by atoms with Crippen LogP contribution in [0.1, 0.15) is 40.5 Å². The molecule has 1 aliphatic rings. The number of carbonyl (C=O) groups is 3. The predicted molar refractivity (Wildman–Crippen MR) is 86.3 cm³/mol. The Morgan fingerprint density at radius 2 is 1.78 bits per heavy atom. The van der Waals surface area contributed by atoms with E-state index >= 15 is 0 Å². The number of nitrogens with one attached hydrogen (secondary N) is 1. The van der Waals surface area contributed by atoms with Gasteiger partial charge in [0.2, 0.25) is 11.8 Å². The third-order valence-electron chi connectivity index (χ3n) is 4.26. The highest BCUT2D eigenvalue weighted by Gasteiger charge is 2.39. The quantitative estimate of drug-likeness (QED) is 0.682. The molecular formula is C16H29N3O4. The number of rotatable bonds is 6. The van der Waals surface area contributed by atoms with Crippen molar-refractivity contribution in [2.45, 2.75) is 58.7 Å². The third-order valence-corrected chi connectivity index (χ3v) is 4.26. The maximum atomic E-state index is 12.8. The minimum Gasteiger partial charge on any atom is -0.467 e. The van der Waals surface area contributed by atoms with Crippen molar-refractivity contribution in [2.24, 2.45) is 17.6 Å². The van der Waals surface area contributed by atoms with E-state index in [0.29, 0.717) is 13.0 Å². The summed E-state index contributed by atoms with van der Waals surface area (Å²) in [6.45, 7) is 7.91. The Labute approximate surface area is 137 Å². The van der Waals surface area contributed by atoms with Crippen LogP contribution in [-0.2, 0) is 19.1 Å². The molecule has 0 saturated carbocycles. The van der Waals surface area contributed by atoms with Crippen LogP contribution >= 0.6 is 0 Å². The Hall–Kier alpha value is -1.63. The van der Waals surface area contributed by atoms with Gasteiger partial charge in [0.1, 0.15) is 12.1 Å². The highest BCUT2D eigenvalue weighted by Crippen LogP contribution is 2.21. The fourth-order valence-corrected chi connectivity index (χ4v) is 2.66. The van der Waals surface area contributed by atoms with E-state index in [1.807, 2.05) is 27.7 Å². The molecule has 0 aromatic heterocycles. The van der Waals surface area contributed by atoms with Crippen molar-refractivity contribution in [3.63, 3.8) is 0 Å². The summed E-state index contributed by atoms with van der Waals surface area (Å²) in [6, 6.07) is -1.93. The smallest absolute Gasteiger partial charge is 0.328 e. The Balaban J connectivity index is 2.86. The molecule has 1 saturated heterocycles. The van der Waals surface area contributed by atoms with E-state index < -0.39 is 24.1 Å². The van der Waals surface area contributed by atoms with Crippen LogP contribution in [0.4, 0.5) is 0 Å². The second kappa shape index (κ2) is 8.29. The van der Waals surface area contributed by atoms with Gasteiger partial charge in [-0.1, -0.05) is 27.7 Å². The van der Waals surface area contributed by atoms with Crippen LogP contribution in [0.15, 0.2) is 0 Å². The molecule has 23 heavy (non-hydrogen) atoms. The second-order valence-electron chi connectivity index (χ2n) is 6.71. The molecule has 132 valence electrons. The van der Waals surface area contributed by atoms with Crippen LogP contribution < -0.4 is 11.1 Å². The molecule has 7 nitrogen and oxygen atoms in total. The number of nitrogens with two attached hydrogens (primary N) is 1. The fraction of sp³-hybridized carbons (Fsp3) is 0.812. The number of carbonyl (C=O) groups excluding carboxylic acids is 3. The lowest BCUT2D eigenvalue weighted by atomic mass is 9.99. The van der Waals surface area contributed by atoms with Gasteiger partial charge in [0.15, 0.2) is 0 Å². The lowest BCUT2D eigenvalue weighted by Gasteiger charge is -2.30. The van der Waals surface area contributed by atoms with E-state index in [2.05, 4.69) is 5.32 Å². The van der Waals surface area contributed by atoms with Crippen molar-refractivity contribution in [2.75, 3.05) is 13.7 Å². The fourth-order valence-electron chi connectivity index (χ4n) is 2.66. The van der Waals surface area contributed by atoms with Crippen LogP contribution in [0.3, 0.4) is 0 Å². The Morgan fingerprint density at radius 3 is 2.26 bits per heavy atom. The summed E-state index contributed by atoms with van der Waals surface area (Å²) < 4.78 is 4.77. The van der Waals surface area contributed by atoms with Crippen LogP contribution in [0.5, 0.6) is 0 Å². The molecule has 1 fully saturated rings. The largest absolute Gasteiger partial charge is 0.467 e. The van der Waals surface area contributed by atoms with Gasteiger partial charge in [-0.3, -0.25) is 9.59 Å². The van der Waals surface area contributed by atoms with Crippen LogP contribution in [0.2, 0.25) is 0 Å². The normalized spacial score (nSPS) is 20.5. The summed E-state index contributed by atoms with van der Waals surface area (Å²) in [6.07, 6.45) is 1.33. The van der Waals surface area contributed by atoms with Gasteiger partial charge in [-0.25, -0.2) is 4.79 Å². The van der Waals surface area contributed by atoms with E-state index in [4.69, 9.17) is 10.5 Å². The lowest BCUT2D eigenvalue weighted by Crippen LogP contribution is -2.57. The Bertz CT molecular complexity index is 451. The van der Waals surface area contributed by atoms with Gasteiger partial charge in [0.05, 0.1) is 13.2 Å². The van der Waals surface area contributed by atoms with E-state index in [-0.39, 0.29) is 23.7 Å². The highest BCUT2D eigenvalue weighted by atomic mass is 16.5. The predicted octanol–water partition coefficient (Wildman–Crippen LogP) is 0.275. The highest BCUT2D eigenvalue weighted by molar-refractivity contribution is 5.92. The zero-order chi connectivity index (χ0) is 17.7. The first-order chi connectivity index (χ1) is 10.7. The molecule has 1 aliphatic heterocycles. The molecule has 3 atom stereocenters. The van der Waals surface area contributed by atoms with E-state index in [9.17, 15) is 14.4 Å². The first kappa shape index (κ1) is 19.4. The average Bonchev–Trinajstić information content (AvgIpc) is 2.99. The topological polar surface area (TPSA) is 102 Å². The maximum Gasteiger partial charge on any atom is 0.328 e. The van der Waals surface area contributed by atoms with Gasteiger partial charge in [-0.2, -0.15) is 0 Å². The molecule has 0 radical (unpaired) electrons. The Kier molecular flexibility index (Phi) is 7.00. The number of nitrogens with zero attached hydrogens (tertiary/aromatic N) is 1. The van der Waals surface area contributed by atoms with Crippen molar-refractivity contribution in [3.05, 3.63) is 0 Å². The number of amides is 2. The molecule has 0 aliphatic carbocycles. The SMILES string of the molecule is COC(=O)[C@@H]1CCCN1C(=O)[C@@H](NC(=O)[C@@H](N)C(C)C)C(C)C. The zero-order valence-corrected chi connectivity index (χ0v) is 14.7. The summed E-state index contributed by atoms with van der Waals surface area (Å²) in [5, 5.41) is 2.74. The average molecular weight is 327 g/mol. The number of hydrogen-bond acceptors (Lipinski definition) is 5. The molecule has 1 rings (SSSR count). The van der Waals surface area contributed by atoms with Crippen molar-refractivity contribution >= 4 is 17.8 Å². The van der Waals surface area contributed by atoms with E-state index in [1.54, 1.807) is 0 Å². The number of methoxy groups -OCH3 is 1. The molecule has 7 heteroatoms. The number of hydrogen-bond donors (Lipinski definition) is 2. The summed E-state index contributed by atoms with van der Waals surface area (Å²) in [5.41, 5.74) is 5.85. The van der Waals surface area contributed by atoms with Crippen LogP contribution in [0.25, 0.3) is 0 Å². The van der Waals surface area contributed by atoms with Crippen molar-refractivity contribution in [1.82, 2.24) is 10.2 Å². The van der Waals surface area contributed by atoms with Crippen molar-refractivity contribution < 1.29 is 19.1 Å². The summed E-state index contributed by atoms with van der Waals surface area (Å²) in [7, 11) is 1.31. The van der Waals surface area contributed by atoms with Gasteiger partial charge in [-0.15, -0.1) is 0 Å². The molecule has 0 aromatic rings. The molecule has 0 unspecified atom stereocenters. The van der Waals surface area contributed by atoms with Crippen molar-refractivity contribution in [1.29, 1.82) is 0 Å². The third kappa shape index (κ3) is 4.67. The summed E-state index contributed by atoms with van der Waals surface area (Å²) in [5.74, 6) is -1.14. The van der Waals surface area contributed by atoms with Gasteiger partial charge in [0.25, 0.3) is 0 Å².